The number of hydrogen-bond acceptors (Lipinski definition) is 2. The van der Waals surface area contributed by atoms with Gasteiger partial charge in [-0.1, -0.05) is 24.3 Å². The molecule has 1 heterocycles. The lowest BCUT2D eigenvalue weighted by molar-refractivity contribution is -0.119. The van der Waals surface area contributed by atoms with Gasteiger partial charge in [0.25, 0.3) is 5.91 Å². The third-order valence-corrected chi connectivity index (χ3v) is 3.70. The fraction of sp³-hybridized carbons (Fsp3) is 0.125. The van der Waals surface area contributed by atoms with Gasteiger partial charge in [-0.15, -0.1) is 0 Å². The highest BCUT2D eigenvalue weighted by Crippen LogP contribution is 2.33. The maximum atomic E-state index is 13.9. The van der Waals surface area contributed by atoms with Crippen molar-refractivity contribution >= 4 is 17.5 Å². The topological polar surface area (TPSA) is 63.4 Å². The minimum atomic E-state index is -0.974. The van der Waals surface area contributed by atoms with Crippen LogP contribution in [0.1, 0.15) is 15.9 Å². The first kappa shape index (κ1) is 14.2. The minimum absolute atomic E-state index is 0.229. The number of para-hydroxylation sites is 1. The third kappa shape index (κ3) is 2.13. The zero-order valence-electron chi connectivity index (χ0n) is 11.4. The second-order valence-electron chi connectivity index (χ2n) is 5.02. The normalized spacial score (nSPS) is 16.5. The quantitative estimate of drug-likeness (QED) is 0.922. The summed E-state index contributed by atoms with van der Waals surface area (Å²) < 4.78 is 27.7. The van der Waals surface area contributed by atoms with E-state index in [1.165, 1.54) is 6.07 Å². The van der Waals surface area contributed by atoms with E-state index in [-0.39, 0.29) is 6.42 Å². The minimum Gasteiger partial charge on any atom is -0.368 e. The summed E-state index contributed by atoms with van der Waals surface area (Å²) >= 11 is 0. The summed E-state index contributed by atoms with van der Waals surface area (Å²) in [6.07, 6.45) is 0.229. The maximum absolute atomic E-state index is 13.9. The van der Waals surface area contributed by atoms with Crippen molar-refractivity contribution in [3.05, 3.63) is 65.2 Å². The zero-order valence-corrected chi connectivity index (χ0v) is 11.4. The van der Waals surface area contributed by atoms with Gasteiger partial charge < -0.3 is 5.73 Å². The SMILES string of the molecule is NC(=O)C1Cc2ccccc2N1C(=O)c1c(F)cccc1F. The predicted octanol–water partition coefficient (Wildman–Crippen LogP) is 2.02. The van der Waals surface area contributed by atoms with E-state index in [0.717, 1.165) is 22.6 Å². The van der Waals surface area contributed by atoms with Gasteiger partial charge in [0.05, 0.1) is 0 Å². The molecule has 3 rings (SSSR count). The molecule has 0 fully saturated rings. The Morgan fingerprint density at radius 2 is 1.68 bits per heavy atom. The summed E-state index contributed by atoms with van der Waals surface area (Å²) in [5.41, 5.74) is 5.83. The molecule has 1 unspecified atom stereocenters. The van der Waals surface area contributed by atoms with Gasteiger partial charge in [0.2, 0.25) is 5.91 Å². The Morgan fingerprint density at radius 1 is 1.05 bits per heavy atom. The number of carbonyl (C=O) groups excluding carboxylic acids is 2. The van der Waals surface area contributed by atoms with E-state index in [0.29, 0.717) is 5.69 Å². The van der Waals surface area contributed by atoms with Crippen LogP contribution in [0.5, 0.6) is 0 Å². The van der Waals surface area contributed by atoms with Gasteiger partial charge in [-0.2, -0.15) is 0 Å². The van der Waals surface area contributed by atoms with Crippen LogP contribution in [0.15, 0.2) is 42.5 Å². The molecule has 2 N–H and O–H groups in total. The molecule has 4 nitrogen and oxygen atoms in total. The van der Waals surface area contributed by atoms with Crippen LogP contribution >= 0.6 is 0 Å². The molecule has 112 valence electrons. The average Bonchev–Trinajstić information content (AvgIpc) is 2.86. The smallest absolute Gasteiger partial charge is 0.265 e. The van der Waals surface area contributed by atoms with Crippen LogP contribution in [0.25, 0.3) is 0 Å². The van der Waals surface area contributed by atoms with Gasteiger partial charge >= 0.3 is 0 Å². The molecule has 0 aliphatic carbocycles. The van der Waals surface area contributed by atoms with Gasteiger partial charge in [-0.05, 0) is 23.8 Å². The monoisotopic (exact) mass is 302 g/mol. The van der Waals surface area contributed by atoms with Crippen molar-refractivity contribution in [2.45, 2.75) is 12.5 Å². The number of primary amides is 1. The van der Waals surface area contributed by atoms with E-state index in [4.69, 9.17) is 5.73 Å². The van der Waals surface area contributed by atoms with E-state index >= 15 is 0 Å². The number of anilines is 1. The molecule has 0 radical (unpaired) electrons. The number of carbonyl (C=O) groups is 2. The van der Waals surface area contributed by atoms with E-state index in [9.17, 15) is 18.4 Å². The van der Waals surface area contributed by atoms with E-state index < -0.39 is 35.1 Å². The Labute approximate surface area is 125 Å². The molecular weight excluding hydrogens is 290 g/mol. The average molecular weight is 302 g/mol. The van der Waals surface area contributed by atoms with Crippen LogP contribution in [0.2, 0.25) is 0 Å². The lowest BCUT2D eigenvalue weighted by Crippen LogP contribution is -2.46. The molecule has 6 heteroatoms. The molecule has 0 bridgehead atoms. The summed E-state index contributed by atoms with van der Waals surface area (Å²) in [4.78, 5) is 25.3. The molecule has 2 aromatic carbocycles. The molecule has 22 heavy (non-hydrogen) atoms. The largest absolute Gasteiger partial charge is 0.368 e. The van der Waals surface area contributed by atoms with Crippen molar-refractivity contribution < 1.29 is 18.4 Å². The number of fused-ring (bicyclic) bond motifs is 1. The summed E-state index contributed by atoms with van der Waals surface area (Å²) in [7, 11) is 0. The highest BCUT2D eigenvalue weighted by molar-refractivity contribution is 6.11. The predicted molar refractivity (Wildman–Crippen MR) is 76.3 cm³/mol. The number of benzene rings is 2. The highest BCUT2D eigenvalue weighted by atomic mass is 19.1. The number of rotatable bonds is 2. The Balaban J connectivity index is 2.12. The lowest BCUT2D eigenvalue weighted by atomic mass is 10.1. The van der Waals surface area contributed by atoms with E-state index in [1.54, 1.807) is 24.3 Å². The second-order valence-corrected chi connectivity index (χ2v) is 5.02. The molecule has 1 aliphatic rings. The molecule has 1 atom stereocenters. The third-order valence-electron chi connectivity index (χ3n) is 3.70. The maximum Gasteiger partial charge on any atom is 0.265 e. The Hall–Kier alpha value is -2.76. The van der Waals surface area contributed by atoms with Crippen molar-refractivity contribution in [2.75, 3.05) is 4.90 Å². The fourth-order valence-corrected chi connectivity index (χ4v) is 2.69. The van der Waals surface area contributed by atoms with Crippen LogP contribution in [0, 0.1) is 11.6 Å². The van der Waals surface area contributed by atoms with Crippen LogP contribution in [-0.2, 0) is 11.2 Å². The molecule has 0 saturated carbocycles. The van der Waals surface area contributed by atoms with Crippen molar-refractivity contribution in [2.24, 2.45) is 5.73 Å². The van der Waals surface area contributed by atoms with Crippen LogP contribution in [0.3, 0.4) is 0 Å². The first-order valence-corrected chi connectivity index (χ1v) is 6.65. The van der Waals surface area contributed by atoms with Gasteiger partial charge in [0.1, 0.15) is 23.2 Å². The molecule has 2 amide bonds. The van der Waals surface area contributed by atoms with Crippen molar-refractivity contribution in [1.29, 1.82) is 0 Å². The van der Waals surface area contributed by atoms with Gasteiger partial charge in [0, 0.05) is 12.1 Å². The molecule has 2 aromatic rings. The van der Waals surface area contributed by atoms with Crippen molar-refractivity contribution in [3.63, 3.8) is 0 Å². The standard InChI is InChI=1S/C16H12F2N2O2/c17-10-5-3-6-11(18)14(10)16(22)20-12-7-2-1-4-9(12)8-13(20)15(19)21/h1-7,13H,8H2,(H2,19,21). The van der Waals surface area contributed by atoms with Gasteiger partial charge in [0.15, 0.2) is 0 Å². The summed E-state index contributed by atoms with van der Waals surface area (Å²) in [5.74, 6) is -3.58. The summed E-state index contributed by atoms with van der Waals surface area (Å²) in [6.45, 7) is 0. The Kier molecular flexibility index (Phi) is 3.36. The second kappa shape index (κ2) is 5.22. The summed E-state index contributed by atoms with van der Waals surface area (Å²) in [6, 6.07) is 9.02. The van der Waals surface area contributed by atoms with Gasteiger partial charge in [-0.3, -0.25) is 14.5 Å². The molecular formula is C16H12F2N2O2. The van der Waals surface area contributed by atoms with Gasteiger partial charge in [-0.25, -0.2) is 8.78 Å². The van der Waals surface area contributed by atoms with Crippen LogP contribution in [0.4, 0.5) is 14.5 Å². The number of amides is 2. The molecule has 0 aromatic heterocycles. The highest BCUT2D eigenvalue weighted by Gasteiger charge is 2.39. The molecule has 0 spiro atoms. The Bertz CT molecular complexity index is 756. The zero-order chi connectivity index (χ0) is 15.9. The van der Waals surface area contributed by atoms with E-state index in [2.05, 4.69) is 0 Å². The number of hydrogen-bond donors (Lipinski definition) is 1. The summed E-state index contributed by atoms with van der Waals surface area (Å²) in [5, 5.41) is 0. The molecule has 1 aliphatic heterocycles. The first-order chi connectivity index (χ1) is 10.5. The van der Waals surface area contributed by atoms with Crippen molar-refractivity contribution in [3.8, 4) is 0 Å². The number of nitrogens with zero attached hydrogens (tertiary/aromatic N) is 1. The lowest BCUT2D eigenvalue weighted by Gasteiger charge is -2.23. The van der Waals surface area contributed by atoms with E-state index in [1.807, 2.05) is 0 Å². The first-order valence-electron chi connectivity index (χ1n) is 6.65. The molecule has 0 saturated heterocycles. The number of nitrogens with two attached hydrogens (primary N) is 1. The van der Waals surface area contributed by atoms with Crippen LogP contribution < -0.4 is 10.6 Å². The number of halogens is 2. The fourth-order valence-electron chi connectivity index (χ4n) is 2.69. The van der Waals surface area contributed by atoms with Crippen LogP contribution in [-0.4, -0.2) is 17.9 Å². The Morgan fingerprint density at radius 3 is 2.32 bits per heavy atom. The van der Waals surface area contributed by atoms with Crippen molar-refractivity contribution in [1.82, 2.24) is 0 Å².